The van der Waals surface area contributed by atoms with Gasteiger partial charge in [0.05, 0.1) is 13.8 Å². The second-order valence-electron chi connectivity index (χ2n) is 3.68. The van der Waals surface area contributed by atoms with Crippen molar-refractivity contribution in [1.29, 1.82) is 0 Å². The van der Waals surface area contributed by atoms with E-state index in [9.17, 15) is 0 Å². The SMILES string of the molecule is COc1ccc(CN(C)CNN)cc1C. The molecule has 0 bridgehead atoms. The average Bonchev–Trinajstić information content (AvgIpc) is 2.18. The number of methoxy groups -OCH3 is 1. The Morgan fingerprint density at radius 1 is 1.47 bits per heavy atom. The Hall–Kier alpha value is -1.10. The maximum absolute atomic E-state index is 5.25. The Morgan fingerprint density at radius 3 is 2.73 bits per heavy atom. The van der Waals surface area contributed by atoms with Gasteiger partial charge in [0.25, 0.3) is 0 Å². The predicted octanol–water partition coefficient (Wildman–Crippen LogP) is 0.856. The van der Waals surface area contributed by atoms with Crippen molar-refractivity contribution in [2.45, 2.75) is 13.5 Å². The van der Waals surface area contributed by atoms with Gasteiger partial charge in [-0.2, -0.15) is 0 Å². The number of rotatable bonds is 5. The van der Waals surface area contributed by atoms with E-state index in [-0.39, 0.29) is 0 Å². The molecule has 0 aliphatic heterocycles. The third-order valence-electron chi connectivity index (χ3n) is 2.27. The molecule has 0 unspecified atom stereocenters. The smallest absolute Gasteiger partial charge is 0.121 e. The average molecular weight is 209 g/mol. The molecule has 1 aromatic carbocycles. The van der Waals surface area contributed by atoms with E-state index in [1.54, 1.807) is 7.11 Å². The molecule has 1 rings (SSSR count). The van der Waals surface area contributed by atoms with Crippen molar-refractivity contribution in [2.75, 3.05) is 20.8 Å². The van der Waals surface area contributed by atoms with Crippen molar-refractivity contribution < 1.29 is 4.74 Å². The van der Waals surface area contributed by atoms with E-state index < -0.39 is 0 Å². The molecule has 0 aliphatic carbocycles. The highest BCUT2D eigenvalue weighted by atomic mass is 16.5. The highest BCUT2D eigenvalue weighted by Crippen LogP contribution is 2.18. The minimum atomic E-state index is 0.672. The first-order valence-electron chi connectivity index (χ1n) is 4.93. The van der Waals surface area contributed by atoms with Gasteiger partial charge in [0.2, 0.25) is 0 Å². The van der Waals surface area contributed by atoms with Crippen LogP contribution in [0.2, 0.25) is 0 Å². The van der Waals surface area contributed by atoms with Gasteiger partial charge in [0, 0.05) is 6.54 Å². The third kappa shape index (κ3) is 3.51. The molecule has 4 heteroatoms. The Bertz CT molecular complexity index is 315. The number of aryl methyl sites for hydroxylation is 1. The molecule has 84 valence electrons. The summed E-state index contributed by atoms with van der Waals surface area (Å²) in [4.78, 5) is 2.10. The van der Waals surface area contributed by atoms with Gasteiger partial charge in [0.1, 0.15) is 5.75 Å². The molecular weight excluding hydrogens is 190 g/mol. The molecule has 0 atom stereocenters. The second-order valence-corrected chi connectivity index (χ2v) is 3.68. The molecule has 0 aliphatic rings. The van der Waals surface area contributed by atoms with Crippen LogP contribution in [0.4, 0.5) is 0 Å². The van der Waals surface area contributed by atoms with E-state index in [2.05, 4.69) is 22.5 Å². The minimum absolute atomic E-state index is 0.672. The Labute approximate surface area is 91.0 Å². The number of hydrogen-bond acceptors (Lipinski definition) is 4. The zero-order valence-electron chi connectivity index (χ0n) is 9.58. The first kappa shape index (κ1) is 12.0. The minimum Gasteiger partial charge on any atom is -0.496 e. The fourth-order valence-electron chi connectivity index (χ4n) is 1.56. The topological polar surface area (TPSA) is 50.5 Å². The number of hydrazine groups is 1. The van der Waals surface area contributed by atoms with Gasteiger partial charge in [-0.1, -0.05) is 12.1 Å². The van der Waals surface area contributed by atoms with Crippen molar-refractivity contribution in [1.82, 2.24) is 10.3 Å². The molecule has 3 N–H and O–H groups in total. The van der Waals surface area contributed by atoms with Crippen LogP contribution in [0.25, 0.3) is 0 Å². The molecule has 15 heavy (non-hydrogen) atoms. The lowest BCUT2D eigenvalue weighted by Gasteiger charge is -2.16. The summed E-state index contributed by atoms with van der Waals surface area (Å²) in [6.07, 6.45) is 0. The van der Waals surface area contributed by atoms with Crippen LogP contribution in [0.1, 0.15) is 11.1 Å². The summed E-state index contributed by atoms with van der Waals surface area (Å²) < 4.78 is 5.21. The summed E-state index contributed by atoms with van der Waals surface area (Å²) in [7, 11) is 3.70. The lowest BCUT2D eigenvalue weighted by Crippen LogP contribution is -2.35. The van der Waals surface area contributed by atoms with E-state index >= 15 is 0 Å². The summed E-state index contributed by atoms with van der Waals surface area (Å²) in [6, 6.07) is 6.19. The molecule has 4 nitrogen and oxygen atoms in total. The van der Waals surface area contributed by atoms with Gasteiger partial charge in [-0.15, -0.1) is 0 Å². The van der Waals surface area contributed by atoms with Gasteiger partial charge in [-0.25, -0.2) is 5.43 Å². The number of ether oxygens (including phenoxy) is 1. The van der Waals surface area contributed by atoms with Crippen molar-refractivity contribution in [3.05, 3.63) is 29.3 Å². The van der Waals surface area contributed by atoms with Gasteiger partial charge in [-0.05, 0) is 31.2 Å². The van der Waals surface area contributed by atoms with Crippen LogP contribution in [-0.4, -0.2) is 25.7 Å². The summed E-state index contributed by atoms with van der Waals surface area (Å²) in [5.74, 6) is 6.18. The number of nitrogens with one attached hydrogen (secondary N) is 1. The maximum Gasteiger partial charge on any atom is 0.121 e. The normalized spacial score (nSPS) is 10.7. The van der Waals surface area contributed by atoms with E-state index in [1.165, 1.54) is 5.56 Å². The molecule has 0 heterocycles. The van der Waals surface area contributed by atoms with Gasteiger partial charge < -0.3 is 4.74 Å². The quantitative estimate of drug-likeness (QED) is 0.429. The fraction of sp³-hybridized carbons (Fsp3) is 0.455. The molecule has 0 radical (unpaired) electrons. The van der Waals surface area contributed by atoms with Gasteiger partial charge in [0.15, 0.2) is 0 Å². The monoisotopic (exact) mass is 209 g/mol. The summed E-state index contributed by atoms with van der Waals surface area (Å²) in [5.41, 5.74) is 5.04. The molecule has 0 saturated heterocycles. The van der Waals surface area contributed by atoms with Crippen LogP contribution in [0.15, 0.2) is 18.2 Å². The van der Waals surface area contributed by atoms with E-state index in [0.29, 0.717) is 6.67 Å². The summed E-state index contributed by atoms with van der Waals surface area (Å²) >= 11 is 0. The predicted molar refractivity (Wildman–Crippen MR) is 61.4 cm³/mol. The highest BCUT2D eigenvalue weighted by molar-refractivity contribution is 5.36. The van der Waals surface area contributed by atoms with Crippen LogP contribution in [0.5, 0.6) is 5.75 Å². The number of nitrogens with two attached hydrogens (primary N) is 1. The van der Waals surface area contributed by atoms with Crippen molar-refractivity contribution in [2.24, 2.45) is 5.84 Å². The van der Waals surface area contributed by atoms with Crippen LogP contribution in [-0.2, 0) is 6.54 Å². The van der Waals surface area contributed by atoms with Crippen LogP contribution in [0.3, 0.4) is 0 Å². The lowest BCUT2D eigenvalue weighted by molar-refractivity contribution is 0.301. The fourth-order valence-corrected chi connectivity index (χ4v) is 1.56. The van der Waals surface area contributed by atoms with Crippen molar-refractivity contribution in [3.8, 4) is 5.75 Å². The molecule has 0 saturated carbocycles. The van der Waals surface area contributed by atoms with Crippen LogP contribution in [0, 0.1) is 6.92 Å². The van der Waals surface area contributed by atoms with Gasteiger partial charge in [-0.3, -0.25) is 10.7 Å². The van der Waals surface area contributed by atoms with E-state index in [1.807, 2.05) is 20.0 Å². The second kappa shape index (κ2) is 5.70. The molecule has 0 spiro atoms. The summed E-state index contributed by atoms with van der Waals surface area (Å²) in [5, 5.41) is 0. The number of nitrogens with zero attached hydrogens (tertiary/aromatic N) is 1. The molecule has 1 aromatic rings. The van der Waals surface area contributed by atoms with Crippen LogP contribution < -0.4 is 16.0 Å². The molecule has 0 aromatic heterocycles. The van der Waals surface area contributed by atoms with Crippen LogP contribution >= 0.6 is 0 Å². The zero-order chi connectivity index (χ0) is 11.3. The zero-order valence-corrected chi connectivity index (χ0v) is 9.58. The van der Waals surface area contributed by atoms with Gasteiger partial charge >= 0.3 is 0 Å². The molecule has 0 amide bonds. The van der Waals surface area contributed by atoms with E-state index in [0.717, 1.165) is 17.9 Å². The maximum atomic E-state index is 5.25. The Kier molecular flexibility index (Phi) is 4.55. The Morgan fingerprint density at radius 2 is 2.20 bits per heavy atom. The lowest BCUT2D eigenvalue weighted by atomic mass is 10.1. The Balaban J connectivity index is 2.66. The first-order chi connectivity index (χ1) is 7.17. The standard InChI is InChI=1S/C11H19N3O/c1-9-6-10(4-5-11(9)15-3)7-14(2)8-13-12/h4-6,13H,7-8,12H2,1-3H3. The first-order valence-corrected chi connectivity index (χ1v) is 4.93. The van der Waals surface area contributed by atoms with E-state index in [4.69, 9.17) is 10.6 Å². The highest BCUT2D eigenvalue weighted by Gasteiger charge is 2.02. The summed E-state index contributed by atoms with van der Waals surface area (Å²) in [6.45, 7) is 3.59. The number of benzene rings is 1. The third-order valence-corrected chi connectivity index (χ3v) is 2.27. The van der Waals surface area contributed by atoms with Crippen molar-refractivity contribution >= 4 is 0 Å². The molecule has 0 fully saturated rings. The van der Waals surface area contributed by atoms with Crippen molar-refractivity contribution in [3.63, 3.8) is 0 Å². The number of hydrogen-bond donors (Lipinski definition) is 2. The molecular formula is C11H19N3O. The largest absolute Gasteiger partial charge is 0.496 e.